The first-order valence-electron chi connectivity index (χ1n) is 6.57. The Bertz CT molecular complexity index is 383. The van der Waals surface area contributed by atoms with Crippen LogP contribution in [0.15, 0.2) is 4.63 Å². The molecule has 18 heavy (non-hydrogen) atoms. The Hall–Kier alpha value is -1.43. The largest absolute Gasteiger partial charge is 0.306 e. The third kappa shape index (κ3) is 3.80. The summed E-state index contributed by atoms with van der Waals surface area (Å²) in [5.74, 6) is 0.397. The van der Waals surface area contributed by atoms with Gasteiger partial charge in [-0.1, -0.05) is 18.0 Å². The van der Waals surface area contributed by atoms with Crippen molar-refractivity contribution in [2.75, 3.05) is 25.0 Å². The van der Waals surface area contributed by atoms with Crippen LogP contribution in [0.4, 0.5) is 5.82 Å². The van der Waals surface area contributed by atoms with Crippen LogP contribution in [0, 0.1) is 6.92 Å². The fourth-order valence-electron chi connectivity index (χ4n) is 2.16. The lowest BCUT2D eigenvalue weighted by molar-refractivity contribution is -0.116. The average Bonchev–Trinajstić information content (AvgIpc) is 2.63. The first-order valence-corrected chi connectivity index (χ1v) is 6.57. The van der Waals surface area contributed by atoms with Gasteiger partial charge in [-0.3, -0.25) is 4.79 Å². The molecular weight excluding hydrogens is 232 g/mol. The maximum absolute atomic E-state index is 11.7. The van der Waals surface area contributed by atoms with Gasteiger partial charge in [-0.25, -0.2) is 4.63 Å². The fourth-order valence-corrected chi connectivity index (χ4v) is 2.16. The molecule has 0 bridgehead atoms. The molecule has 6 heteroatoms. The first kappa shape index (κ1) is 13.0. The van der Waals surface area contributed by atoms with Crippen molar-refractivity contribution in [3.63, 3.8) is 0 Å². The predicted molar refractivity (Wildman–Crippen MR) is 67.2 cm³/mol. The lowest BCUT2D eigenvalue weighted by Gasteiger charge is -2.18. The van der Waals surface area contributed by atoms with Crippen LogP contribution in [0.5, 0.6) is 0 Å². The second-order valence-electron chi connectivity index (χ2n) is 4.75. The van der Waals surface area contributed by atoms with E-state index in [1.807, 2.05) is 0 Å². The van der Waals surface area contributed by atoms with Crippen LogP contribution in [-0.4, -0.2) is 40.8 Å². The molecule has 1 saturated heterocycles. The van der Waals surface area contributed by atoms with Gasteiger partial charge in [0.1, 0.15) is 5.69 Å². The maximum atomic E-state index is 11.7. The summed E-state index contributed by atoms with van der Waals surface area (Å²) >= 11 is 0. The number of hydrogen-bond acceptors (Lipinski definition) is 5. The van der Waals surface area contributed by atoms with Crippen molar-refractivity contribution in [2.45, 2.75) is 39.0 Å². The molecule has 0 aliphatic carbocycles. The second-order valence-corrected chi connectivity index (χ2v) is 4.75. The van der Waals surface area contributed by atoms with Gasteiger partial charge in [0, 0.05) is 13.0 Å². The molecule has 6 nitrogen and oxygen atoms in total. The Kier molecular flexibility index (Phi) is 4.69. The van der Waals surface area contributed by atoms with Crippen molar-refractivity contribution >= 4 is 11.7 Å². The van der Waals surface area contributed by atoms with E-state index in [-0.39, 0.29) is 5.91 Å². The Morgan fingerprint density at radius 2 is 2.00 bits per heavy atom. The van der Waals surface area contributed by atoms with Crippen LogP contribution >= 0.6 is 0 Å². The van der Waals surface area contributed by atoms with Gasteiger partial charge in [0.15, 0.2) is 5.82 Å². The van der Waals surface area contributed by atoms with E-state index in [1.54, 1.807) is 6.92 Å². The number of aromatic nitrogens is 2. The van der Waals surface area contributed by atoms with Crippen molar-refractivity contribution < 1.29 is 9.42 Å². The zero-order valence-electron chi connectivity index (χ0n) is 10.8. The van der Waals surface area contributed by atoms with Crippen LogP contribution < -0.4 is 5.32 Å². The number of likely N-dealkylation sites (tertiary alicyclic amines) is 1. The highest BCUT2D eigenvalue weighted by atomic mass is 16.6. The Morgan fingerprint density at radius 1 is 1.28 bits per heavy atom. The van der Waals surface area contributed by atoms with E-state index in [4.69, 9.17) is 0 Å². The molecule has 100 valence electrons. The van der Waals surface area contributed by atoms with Gasteiger partial charge in [-0.15, -0.1) is 0 Å². The van der Waals surface area contributed by atoms with Crippen LogP contribution in [-0.2, 0) is 4.79 Å². The van der Waals surface area contributed by atoms with E-state index in [2.05, 4.69) is 25.2 Å². The summed E-state index contributed by atoms with van der Waals surface area (Å²) in [7, 11) is 0. The molecule has 1 aliphatic heterocycles. The average molecular weight is 252 g/mol. The minimum absolute atomic E-state index is 0.0296. The smallest absolute Gasteiger partial charge is 0.226 e. The number of amides is 1. The molecule has 1 aromatic rings. The standard InChI is InChI=1S/C12H20N4O2/c1-10-12(15-18-14-10)13-11(17)6-9-16-7-4-2-3-5-8-16/h2-9H2,1H3,(H,13,15,17). The summed E-state index contributed by atoms with van der Waals surface area (Å²) in [6, 6.07) is 0. The molecule has 1 N–H and O–H groups in total. The molecule has 1 aliphatic rings. The van der Waals surface area contributed by atoms with Crippen molar-refractivity contribution in [1.29, 1.82) is 0 Å². The summed E-state index contributed by atoms with van der Waals surface area (Å²) in [6.45, 7) is 4.78. The molecule has 0 unspecified atom stereocenters. The lowest BCUT2D eigenvalue weighted by Crippen LogP contribution is -2.28. The third-order valence-electron chi connectivity index (χ3n) is 3.26. The Labute approximate surface area is 107 Å². The zero-order chi connectivity index (χ0) is 12.8. The van der Waals surface area contributed by atoms with Gasteiger partial charge in [0.05, 0.1) is 0 Å². The van der Waals surface area contributed by atoms with E-state index in [9.17, 15) is 4.79 Å². The summed E-state index contributed by atoms with van der Waals surface area (Å²) < 4.78 is 4.53. The predicted octanol–water partition coefficient (Wildman–Crippen LogP) is 1.58. The number of nitrogens with zero attached hydrogens (tertiary/aromatic N) is 3. The van der Waals surface area contributed by atoms with Crippen molar-refractivity contribution in [3.8, 4) is 0 Å². The second kappa shape index (κ2) is 6.49. The van der Waals surface area contributed by atoms with Crippen LogP contribution in [0.1, 0.15) is 37.8 Å². The first-order chi connectivity index (χ1) is 8.75. The molecule has 1 fully saturated rings. The quantitative estimate of drug-likeness (QED) is 0.881. The molecule has 2 heterocycles. The van der Waals surface area contributed by atoms with E-state index in [0.717, 1.165) is 19.6 Å². The van der Waals surface area contributed by atoms with E-state index in [0.29, 0.717) is 17.9 Å². The summed E-state index contributed by atoms with van der Waals surface area (Å²) in [6.07, 6.45) is 5.60. The SMILES string of the molecule is Cc1nonc1NC(=O)CCN1CCCCCC1. The monoisotopic (exact) mass is 252 g/mol. The molecule has 0 saturated carbocycles. The maximum Gasteiger partial charge on any atom is 0.226 e. The van der Waals surface area contributed by atoms with Crippen molar-refractivity contribution in [1.82, 2.24) is 15.2 Å². The van der Waals surface area contributed by atoms with E-state index < -0.39 is 0 Å². The van der Waals surface area contributed by atoms with E-state index >= 15 is 0 Å². The summed E-state index contributed by atoms with van der Waals surface area (Å²) in [4.78, 5) is 14.1. The molecule has 0 atom stereocenters. The number of carbonyl (C=O) groups is 1. The molecule has 0 spiro atoms. The van der Waals surface area contributed by atoms with Gasteiger partial charge < -0.3 is 10.2 Å². The number of carbonyl (C=O) groups excluding carboxylic acids is 1. The highest BCUT2D eigenvalue weighted by Crippen LogP contribution is 2.11. The molecule has 0 radical (unpaired) electrons. The third-order valence-corrected chi connectivity index (χ3v) is 3.26. The molecule has 2 rings (SSSR count). The lowest BCUT2D eigenvalue weighted by atomic mass is 10.2. The van der Waals surface area contributed by atoms with Crippen LogP contribution in [0.25, 0.3) is 0 Å². The molecule has 1 amide bonds. The number of rotatable bonds is 4. The normalized spacial score (nSPS) is 17.4. The van der Waals surface area contributed by atoms with Gasteiger partial charge in [0.25, 0.3) is 0 Å². The van der Waals surface area contributed by atoms with Crippen LogP contribution in [0.3, 0.4) is 0 Å². The zero-order valence-corrected chi connectivity index (χ0v) is 10.8. The number of hydrogen-bond donors (Lipinski definition) is 1. The Morgan fingerprint density at radius 3 is 2.61 bits per heavy atom. The number of nitrogens with one attached hydrogen (secondary N) is 1. The van der Waals surface area contributed by atoms with Gasteiger partial charge in [-0.05, 0) is 38.0 Å². The van der Waals surface area contributed by atoms with Crippen LogP contribution in [0.2, 0.25) is 0 Å². The summed E-state index contributed by atoms with van der Waals surface area (Å²) in [5, 5.41) is 9.97. The topological polar surface area (TPSA) is 71.3 Å². The van der Waals surface area contributed by atoms with Gasteiger partial charge >= 0.3 is 0 Å². The van der Waals surface area contributed by atoms with Gasteiger partial charge in [0.2, 0.25) is 5.91 Å². The van der Waals surface area contributed by atoms with Crippen molar-refractivity contribution in [2.24, 2.45) is 0 Å². The van der Waals surface area contributed by atoms with Crippen molar-refractivity contribution in [3.05, 3.63) is 5.69 Å². The number of aryl methyl sites for hydroxylation is 1. The van der Waals surface area contributed by atoms with E-state index in [1.165, 1.54) is 25.7 Å². The minimum Gasteiger partial charge on any atom is -0.306 e. The highest BCUT2D eigenvalue weighted by Gasteiger charge is 2.13. The highest BCUT2D eigenvalue weighted by molar-refractivity contribution is 5.90. The summed E-state index contributed by atoms with van der Waals surface area (Å²) in [5.41, 5.74) is 0.609. The Balaban J connectivity index is 1.72. The molecule has 1 aromatic heterocycles. The molecule has 0 aromatic carbocycles. The molecular formula is C12H20N4O2. The minimum atomic E-state index is -0.0296. The fraction of sp³-hybridized carbons (Fsp3) is 0.750. The van der Waals surface area contributed by atoms with Gasteiger partial charge in [-0.2, -0.15) is 0 Å². The number of anilines is 1.